The van der Waals surface area contributed by atoms with Crippen LogP contribution >= 0.6 is 11.6 Å². The van der Waals surface area contributed by atoms with E-state index in [1.807, 2.05) is 19.1 Å². The highest BCUT2D eigenvalue weighted by Crippen LogP contribution is 2.28. The topological polar surface area (TPSA) is 84.9 Å². The van der Waals surface area contributed by atoms with Crippen LogP contribution in [0.4, 0.5) is 0 Å². The average molecular weight is 378 g/mol. The molecule has 0 saturated heterocycles. The van der Waals surface area contributed by atoms with Gasteiger partial charge in [-0.3, -0.25) is 4.79 Å². The molecule has 0 saturated carbocycles. The molecule has 0 spiro atoms. The first-order valence-corrected chi connectivity index (χ1v) is 8.43. The lowest BCUT2D eigenvalue weighted by Gasteiger charge is -2.12. The zero-order valence-electron chi connectivity index (χ0n) is 14.5. The second-order valence-electron chi connectivity index (χ2n) is 5.54. The van der Waals surface area contributed by atoms with Crippen LogP contribution in [0.2, 0.25) is 5.02 Å². The minimum atomic E-state index is -1.09. The number of carboxylic acid groups (broad SMARTS) is 1. The van der Waals surface area contributed by atoms with Crippen LogP contribution in [0.15, 0.2) is 36.4 Å². The van der Waals surface area contributed by atoms with E-state index in [1.165, 1.54) is 12.1 Å². The van der Waals surface area contributed by atoms with Gasteiger partial charge in [0.15, 0.2) is 18.1 Å². The van der Waals surface area contributed by atoms with Crippen molar-refractivity contribution in [3.05, 3.63) is 58.1 Å². The normalized spacial score (nSPS) is 10.3. The molecule has 0 aromatic heterocycles. The van der Waals surface area contributed by atoms with Crippen LogP contribution in [0, 0.1) is 6.92 Å². The molecule has 2 N–H and O–H groups in total. The number of ether oxygens (including phenoxy) is 2. The quantitative estimate of drug-likeness (QED) is 0.736. The number of rotatable bonds is 8. The van der Waals surface area contributed by atoms with E-state index in [2.05, 4.69) is 5.32 Å². The minimum absolute atomic E-state index is 0.275. The summed E-state index contributed by atoms with van der Waals surface area (Å²) in [7, 11) is 0. The van der Waals surface area contributed by atoms with E-state index < -0.39 is 12.6 Å². The van der Waals surface area contributed by atoms with Gasteiger partial charge in [-0.2, -0.15) is 0 Å². The molecular weight excluding hydrogens is 358 g/mol. The largest absolute Gasteiger partial charge is 0.490 e. The number of halogens is 1. The number of nitrogens with one attached hydrogen (secondary N) is 1. The summed E-state index contributed by atoms with van der Waals surface area (Å²) in [5.41, 5.74) is 2.27. The molecule has 2 aromatic carbocycles. The van der Waals surface area contributed by atoms with Crippen molar-refractivity contribution in [3.8, 4) is 11.5 Å². The monoisotopic (exact) mass is 377 g/mol. The molecule has 0 aliphatic rings. The third kappa shape index (κ3) is 5.39. The lowest BCUT2D eigenvalue weighted by molar-refractivity contribution is -0.139. The van der Waals surface area contributed by atoms with E-state index in [4.69, 9.17) is 26.2 Å². The first kappa shape index (κ1) is 19.6. The molecule has 0 heterocycles. The van der Waals surface area contributed by atoms with Crippen molar-refractivity contribution in [1.82, 2.24) is 5.32 Å². The number of hydrogen-bond donors (Lipinski definition) is 2. The first-order valence-electron chi connectivity index (χ1n) is 8.05. The second kappa shape index (κ2) is 9.10. The van der Waals surface area contributed by atoms with E-state index in [1.54, 1.807) is 19.1 Å². The van der Waals surface area contributed by atoms with Gasteiger partial charge in [-0.05, 0) is 49.2 Å². The first-order chi connectivity index (χ1) is 12.4. The summed E-state index contributed by atoms with van der Waals surface area (Å²) >= 11 is 6.00. The highest BCUT2D eigenvalue weighted by atomic mass is 35.5. The number of benzene rings is 2. The number of aryl methyl sites for hydroxylation is 1. The summed E-state index contributed by atoms with van der Waals surface area (Å²) < 4.78 is 10.6. The van der Waals surface area contributed by atoms with Crippen molar-refractivity contribution in [1.29, 1.82) is 0 Å². The van der Waals surface area contributed by atoms with Crippen LogP contribution in [0.25, 0.3) is 0 Å². The van der Waals surface area contributed by atoms with Gasteiger partial charge in [-0.1, -0.05) is 23.7 Å². The van der Waals surface area contributed by atoms with Gasteiger partial charge in [0, 0.05) is 17.1 Å². The third-order valence-electron chi connectivity index (χ3n) is 3.53. The van der Waals surface area contributed by atoms with Crippen molar-refractivity contribution >= 4 is 23.5 Å². The zero-order chi connectivity index (χ0) is 19.1. The summed E-state index contributed by atoms with van der Waals surface area (Å²) in [5, 5.41) is 12.2. The summed E-state index contributed by atoms with van der Waals surface area (Å²) in [6.45, 7) is 3.92. The van der Waals surface area contributed by atoms with Crippen LogP contribution in [0.5, 0.6) is 11.5 Å². The van der Waals surface area contributed by atoms with E-state index in [0.29, 0.717) is 29.5 Å². The van der Waals surface area contributed by atoms with Crippen molar-refractivity contribution in [2.24, 2.45) is 0 Å². The Balaban J connectivity index is 2.08. The van der Waals surface area contributed by atoms with Crippen LogP contribution < -0.4 is 14.8 Å². The van der Waals surface area contributed by atoms with E-state index in [0.717, 1.165) is 11.1 Å². The summed E-state index contributed by atoms with van der Waals surface area (Å²) in [5.74, 6) is -0.765. The predicted octanol–water partition coefficient (Wildman–Crippen LogP) is 3.44. The molecule has 138 valence electrons. The van der Waals surface area contributed by atoms with Crippen molar-refractivity contribution in [2.45, 2.75) is 20.4 Å². The maximum atomic E-state index is 12.4. The highest BCUT2D eigenvalue weighted by molar-refractivity contribution is 6.31. The standard InChI is InChI=1S/C19H20ClNO5/c1-3-25-17-9-14(5-7-16(17)26-11-18(22)23)19(24)21-10-13-4-6-15(20)12(2)8-13/h4-9H,3,10-11H2,1-2H3,(H,21,24)(H,22,23). The molecule has 0 radical (unpaired) electrons. The van der Waals surface area contributed by atoms with Crippen LogP contribution in [-0.4, -0.2) is 30.2 Å². The number of hydrogen-bond acceptors (Lipinski definition) is 4. The Morgan fingerprint density at radius 1 is 1.12 bits per heavy atom. The summed E-state index contributed by atoms with van der Waals surface area (Å²) in [6.07, 6.45) is 0. The maximum absolute atomic E-state index is 12.4. The lowest BCUT2D eigenvalue weighted by atomic mass is 10.1. The molecule has 0 unspecified atom stereocenters. The van der Waals surface area contributed by atoms with Gasteiger partial charge in [-0.25, -0.2) is 4.79 Å². The highest BCUT2D eigenvalue weighted by Gasteiger charge is 2.13. The summed E-state index contributed by atoms with van der Waals surface area (Å²) in [4.78, 5) is 23.0. The fourth-order valence-electron chi connectivity index (χ4n) is 2.28. The SMILES string of the molecule is CCOc1cc(C(=O)NCc2ccc(Cl)c(C)c2)ccc1OCC(=O)O. The Morgan fingerprint density at radius 2 is 1.88 bits per heavy atom. The van der Waals surface area contributed by atoms with Gasteiger partial charge in [0.05, 0.1) is 6.61 Å². The van der Waals surface area contributed by atoms with Crippen molar-refractivity contribution < 1.29 is 24.2 Å². The Hall–Kier alpha value is -2.73. The molecular formula is C19H20ClNO5. The number of carbonyl (C=O) groups excluding carboxylic acids is 1. The number of aliphatic carboxylic acids is 1. The van der Waals surface area contributed by atoms with Gasteiger partial charge in [-0.15, -0.1) is 0 Å². The minimum Gasteiger partial charge on any atom is -0.490 e. The van der Waals surface area contributed by atoms with Crippen LogP contribution in [0.3, 0.4) is 0 Å². The molecule has 0 atom stereocenters. The summed E-state index contributed by atoms with van der Waals surface area (Å²) in [6, 6.07) is 10.2. The molecule has 0 aliphatic carbocycles. The van der Waals surface area contributed by atoms with Gasteiger partial charge < -0.3 is 19.9 Å². The van der Waals surface area contributed by atoms with Crippen LogP contribution in [-0.2, 0) is 11.3 Å². The Bertz CT molecular complexity index is 807. The Labute approximate surface area is 156 Å². The van der Waals surface area contributed by atoms with Crippen molar-refractivity contribution in [3.63, 3.8) is 0 Å². The number of carbonyl (C=O) groups is 2. The number of carboxylic acids is 1. The van der Waals surface area contributed by atoms with E-state index >= 15 is 0 Å². The van der Waals surface area contributed by atoms with Gasteiger partial charge in [0.25, 0.3) is 5.91 Å². The fourth-order valence-corrected chi connectivity index (χ4v) is 2.40. The van der Waals surface area contributed by atoms with E-state index in [-0.39, 0.29) is 11.7 Å². The van der Waals surface area contributed by atoms with E-state index in [9.17, 15) is 9.59 Å². The predicted molar refractivity (Wildman–Crippen MR) is 98.1 cm³/mol. The van der Waals surface area contributed by atoms with Gasteiger partial charge in [0.2, 0.25) is 0 Å². The maximum Gasteiger partial charge on any atom is 0.341 e. The average Bonchev–Trinajstić information content (AvgIpc) is 2.61. The third-order valence-corrected chi connectivity index (χ3v) is 3.96. The molecule has 2 rings (SSSR count). The molecule has 0 aliphatic heterocycles. The fraction of sp³-hybridized carbons (Fsp3) is 0.263. The second-order valence-corrected chi connectivity index (χ2v) is 5.95. The van der Waals surface area contributed by atoms with Gasteiger partial charge in [0.1, 0.15) is 0 Å². The Kier molecular flexibility index (Phi) is 6.86. The van der Waals surface area contributed by atoms with Crippen LogP contribution in [0.1, 0.15) is 28.4 Å². The molecule has 2 aromatic rings. The zero-order valence-corrected chi connectivity index (χ0v) is 15.3. The molecule has 26 heavy (non-hydrogen) atoms. The molecule has 6 nitrogen and oxygen atoms in total. The molecule has 1 amide bonds. The van der Waals surface area contributed by atoms with Gasteiger partial charge >= 0.3 is 5.97 Å². The molecule has 0 fully saturated rings. The number of amides is 1. The molecule has 7 heteroatoms. The smallest absolute Gasteiger partial charge is 0.341 e. The molecule has 0 bridgehead atoms. The van der Waals surface area contributed by atoms with Crippen molar-refractivity contribution in [2.75, 3.05) is 13.2 Å². The lowest BCUT2D eigenvalue weighted by Crippen LogP contribution is -2.23. The Morgan fingerprint density at radius 3 is 2.54 bits per heavy atom.